The molecule has 0 atom stereocenters. The van der Waals surface area contributed by atoms with Gasteiger partial charge in [-0.2, -0.15) is 0 Å². The third kappa shape index (κ3) is 3.39. The van der Waals surface area contributed by atoms with Gasteiger partial charge in [0.05, 0.1) is 5.69 Å². The fourth-order valence-electron chi connectivity index (χ4n) is 1.83. The Morgan fingerprint density at radius 2 is 1.63 bits per heavy atom. The maximum absolute atomic E-state index is 3.56. The molecule has 0 aliphatic rings. The second-order valence-electron chi connectivity index (χ2n) is 4.64. The molecular weight excluding hydrogens is 298 g/mol. The van der Waals surface area contributed by atoms with Crippen molar-refractivity contribution >= 4 is 21.6 Å². The maximum atomic E-state index is 3.56. The molecule has 0 heterocycles. The summed E-state index contributed by atoms with van der Waals surface area (Å²) < 4.78 is 1.04. The van der Waals surface area contributed by atoms with Gasteiger partial charge in [-0.15, -0.1) is 0 Å². The molecule has 1 nitrogen and oxygen atoms in total. The molecule has 0 bridgehead atoms. The Bertz CT molecular complexity index is 648. The lowest BCUT2D eigenvalue weighted by Gasteiger charge is -2.13. The Labute approximate surface area is 123 Å². The number of nitrogens with zero attached hydrogens (tertiary/aromatic N) is 1. The van der Waals surface area contributed by atoms with E-state index in [9.17, 15) is 0 Å². The van der Waals surface area contributed by atoms with E-state index in [1.165, 1.54) is 5.56 Å². The topological polar surface area (TPSA) is 3.24 Å². The standard InChI is InChI=1S/C17H16BrN/c1-13-8-9-14(16(18)12-13)10-11-15-6-4-5-7-17(15)19(2)3/h4-9,12H,1-3H3. The van der Waals surface area contributed by atoms with Gasteiger partial charge in [0.2, 0.25) is 0 Å². The Kier molecular flexibility index (Phi) is 4.29. The van der Waals surface area contributed by atoms with Crippen LogP contribution in [0.3, 0.4) is 0 Å². The average Bonchev–Trinajstić information content (AvgIpc) is 2.38. The first-order valence-corrected chi connectivity index (χ1v) is 6.92. The smallest absolute Gasteiger partial charge is 0.0520 e. The Hall–Kier alpha value is -1.72. The number of anilines is 1. The predicted molar refractivity (Wildman–Crippen MR) is 85.6 cm³/mol. The van der Waals surface area contributed by atoms with Gasteiger partial charge in [-0.1, -0.05) is 30.0 Å². The lowest BCUT2D eigenvalue weighted by atomic mass is 10.1. The molecule has 0 unspecified atom stereocenters. The van der Waals surface area contributed by atoms with E-state index in [2.05, 4.69) is 57.8 Å². The number of benzene rings is 2. The third-order valence-corrected chi connectivity index (χ3v) is 3.50. The lowest BCUT2D eigenvalue weighted by Crippen LogP contribution is -2.10. The quantitative estimate of drug-likeness (QED) is 0.712. The Balaban J connectivity index is 2.39. The minimum atomic E-state index is 1.01. The summed E-state index contributed by atoms with van der Waals surface area (Å²) in [4.78, 5) is 2.08. The molecule has 2 heteroatoms. The molecule has 96 valence electrons. The lowest BCUT2D eigenvalue weighted by molar-refractivity contribution is 1.13. The van der Waals surface area contributed by atoms with Crippen LogP contribution in [0.2, 0.25) is 0 Å². The highest BCUT2D eigenvalue weighted by molar-refractivity contribution is 9.10. The molecule has 0 fully saturated rings. The van der Waals surface area contributed by atoms with Crippen molar-refractivity contribution in [2.75, 3.05) is 19.0 Å². The van der Waals surface area contributed by atoms with E-state index in [1.54, 1.807) is 0 Å². The van der Waals surface area contributed by atoms with E-state index in [0.717, 1.165) is 21.3 Å². The molecule has 2 rings (SSSR count). The van der Waals surface area contributed by atoms with Crippen LogP contribution in [0.4, 0.5) is 5.69 Å². The second-order valence-corrected chi connectivity index (χ2v) is 5.50. The molecule has 0 amide bonds. The number of aryl methyl sites for hydroxylation is 1. The molecule has 19 heavy (non-hydrogen) atoms. The molecule has 0 saturated heterocycles. The summed E-state index contributed by atoms with van der Waals surface area (Å²) in [6.45, 7) is 2.07. The van der Waals surface area contributed by atoms with Gasteiger partial charge in [-0.25, -0.2) is 0 Å². The maximum Gasteiger partial charge on any atom is 0.0520 e. The van der Waals surface area contributed by atoms with E-state index in [0.29, 0.717) is 0 Å². The highest BCUT2D eigenvalue weighted by Gasteiger charge is 2.00. The molecule has 0 aliphatic heterocycles. The fraction of sp³-hybridized carbons (Fsp3) is 0.176. The van der Waals surface area contributed by atoms with Crippen LogP contribution in [0, 0.1) is 18.8 Å². The summed E-state index contributed by atoms with van der Waals surface area (Å²) in [5.74, 6) is 6.48. The summed E-state index contributed by atoms with van der Waals surface area (Å²) in [7, 11) is 4.06. The number of hydrogen-bond acceptors (Lipinski definition) is 1. The molecule has 0 aliphatic carbocycles. The van der Waals surface area contributed by atoms with Crippen LogP contribution in [0.25, 0.3) is 0 Å². The summed E-state index contributed by atoms with van der Waals surface area (Å²) in [5.41, 5.74) is 4.42. The zero-order chi connectivity index (χ0) is 13.8. The molecule has 0 aromatic heterocycles. The van der Waals surface area contributed by atoms with Gasteiger partial charge in [0.25, 0.3) is 0 Å². The normalized spacial score (nSPS) is 9.68. The van der Waals surface area contributed by atoms with Crippen LogP contribution >= 0.6 is 15.9 Å². The van der Waals surface area contributed by atoms with Gasteiger partial charge in [0, 0.05) is 29.7 Å². The molecule has 0 spiro atoms. The van der Waals surface area contributed by atoms with Gasteiger partial charge in [-0.3, -0.25) is 0 Å². The third-order valence-electron chi connectivity index (χ3n) is 2.84. The van der Waals surface area contributed by atoms with E-state index < -0.39 is 0 Å². The molecule has 2 aromatic carbocycles. The number of hydrogen-bond donors (Lipinski definition) is 0. The zero-order valence-corrected chi connectivity index (χ0v) is 13.0. The zero-order valence-electron chi connectivity index (χ0n) is 11.4. The number of halogens is 1. The minimum Gasteiger partial charge on any atom is -0.377 e. The van der Waals surface area contributed by atoms with Gasteiger partial charge in [0.1, 0.15) is 0 Å². The monoisotopic (exact) mass is 313 g/mol. The van der Waals surface area contributed by atoms with E-state index in [4.69, 9.17) is 0 Å². The first kappa shape index (κ1) is 13.7. The van der Waals surface area contributed by atoms with Crippen molar-refractivity contribution in [1.29, 1.82) is 0 Å². The van der Waals surface area contributed by atoms with Crippen molar-refractivity contribution < 1.29 is 0 Å². The number of rotatable bonds is 1. The van der Waals surface area contributed by atoms with Crippen molar-refractivity contribution in [2.24, 2.45) is 0 Å². The molecule has 0 N–H and O–H groups in total. The van der Waals surface area contributed by atoms with Gasteiger partial charge in [-0.05, 0) is 52.7 Å². The molecule has 0 saturated carbocycles. The van der Waals surface area contributed by atoms with Crippen LogP contribution < -0.4 is 4.90 Å². The minimum absolute atomic E-state index is 1.01. The Morgan fingerprint density at radius 3 is 2.32 bits per heavy atom. The Morgan fingerprint density at radius 1 is 0.947 bits per heavy atom. The highest BCUT2D eigenvalue weighted by atomic mass is 79.9. The van der Waals surface area contributed by atoms with Crippen LogP contribution in [0.1, 0.15) is 16.7 Å². The summed E-state index contributed by atoms with van der Waals surface area (Å²) in [5, 5.41) is 0. The molecule has 2 aromatic rings. The van der Waals surface area contributed by atoms with Crippen molar-refractivity contribution in [2.45, 2.75) is 6.92 Å². The van der Waals surface area contributed by atoms with Crippen LogP contribution in [0.15, 0.2) is 46.9 Å². The molecule has 0 radical (unpaired) electrons. The van der Waals surface area contributed by atoms with Crippen molar-refractivity contribution in [3.63, 3.8) is 0 Å². The van der Waals surface area contributed by atoms with Crippen LogP contribution in [-0.2, 0) is 0 Å². The van der Waals surface area contributed by atoms with Gasteiger partial charge >= 0.3 is 0 Å². The first-order valence-electron chi connectivity index (χ1n) is 6.12. The predicted octanol–water partition coefficient (Wildman–Crippen LogP) is 4.22. The summed E-state index contributed by atoms with van der Waals surface area (Å²) in [6, 6.07) is 14.4. The SMILES string of the molecule is Cc1ccc(C#Cc2ccccc2N(C)C)c(Br)c1. The van der Waals surface area contributed by atoms with Crippen molar-refractivity contribution in [3.05, 3.63) is 63.6 Å². The fourth-order valence-corrected chi connectivity index (χ4v) is 2.42. The van der Waals surface area contributed by atoms with E-state index in [-0.39, 0.29) is 0 Å². The van der Waals surface area contributed by atoms with Crippen LogP contribution in [0.5, 0.6) is 0 Å². The highest BCUT2D eigenvalue weighted by Crippen LogP contribution is 2.19. The van der Waals surface area contributed by atoms with Crippen molar-refractivity contribution in [1.82, 2.24) is 0 Å². The summed E-state index contributed by atoms with van der Waals surface area (Å²) in [6.07, 6.45) is 0. The van der Waals surface area contributed by atoms with Crippen LogP contribution in [-0.4, -0.2) is 14.1 Å². The van der Waals surface area contributed by atoms with E-state index in [1.807, 2.05) is 38.4 Å². The summed E-state index contributed by atoms with van der Waals surface area (Å²) >= 11 is 3.56. The average molecular weight is 314 g/mol. The molecular formula is C17H16BrN. The van der Waals surface area contributed by atoms with Crippen molar-refractivity contribution in [3.8, 4) is 11.8 Å². The second kappa shape index (κ2) is 5.95. The number of para-hydroxylation sites is 1. The van der Waals surface area contributed by atoms with Gasteiger partial charge in [0.15, 0.2) is 0 Å². The first-order chi connectivity index (χ1) is 9.08. The van der Waals surface area contributed by atoms with E-state index >= 15 is 0 Å². The largest absolute Gasteiger partial charge is 0.377 e. The van der Waals surface area contributed by atoms with Gasteiger partial charge < -0.3 is 4.90 Å².